The number of hydrogen-bond acceptors (Lipinski definition) is 2. The van der Waals surface area contributed by atoms with Gasteiger partial charge in [0, 0.05) is 12.6 Å². The first-order valence-corrected chi connectivity index (χ1v) is 3.16. The summed E-state index contributed by atoms with van der Waals surface area (Å²) < 4.78 is 0. The van der Waals surface area contributed by atoms with Crippen molar-refractivity contribution >= 4 is 0 Å². The van der Waals surface area contributed by atoms with E-state index in [1.165, 1.54) is 12.8 Å². The first-order valence-electron chi connectivity index (χ1n) is 3.16. The van der Waals surface area contributed by atoms with Crippen molar-refractivity contribution in [2.45, 2.75) is 18.9 Å². The predicted molar refractivity (Wildman–Crippen MR) is 32.7 cm³/mol. The quantitative estimate of drug-likeness (QED) is 0.530. The third-order valence-corrected chi connectivity index (χ3v) is 2.02. The van der Waals surface area contributed by atoms with Crippen LogP contribution < -0.4 is 5.32 Å². The maximum absolute atomic E-state index is 8.65. The van der Waals surface area contributed by atoms with E-state index >= 15 is 0 Å². The van der Waals surface area contributed by atoms with Crippen molar-refractivity contribution in [1.82, 2.24) is 5.32 Å². The number of nitrogens with one attached hydrogen (secondary N) is 1. The molecule has 2 heteroatoms. The monoisotopic (exact) mass is 115 g/mol. The summed E-state index contributed by atoms with van der Waals surface area (Å²) in [4.78, 5) is 0. The van der Waals surface area contributed by atoms with Crippen LogP contribution in [0.1, 0.15) is 12.8 Å². The van der Waals surface area contributed by atoms with Gasteiger partial charge < -0.3 is 10.4 Å². The highest BCUT2D eigenvalue weighted by molar-refractivity contribution is 4.84. The van der Waals surface area contributed by atoms with Crippen molar-refractivity contribution in [2.24, 2.45) is 5.92 Å². The second-order valence-electron chi connectivity index (χ2n) is 2.42. The van der Waals surface area contributed by atoms with Gasteiger partial charge in [0.15, 0.2) is 0 Å². The fourth-order valence-electron chi connectivity index (χ4n) is 1.17. The molecule has 48 valence electrons. The first-order chi connectivity index (χ1) is 3.88. The molecule has 0 aromatic rings. The first kappa shape index (κ1) is 6.05. The van der Waals surface area contributed by atoms with Crippen LogP contribution in [0.15, 0.2) is 0 Å². The Labute approximate surface area is 49.9 Å². The van der Waals surface area contributed by atoms with Crippen LogP contribution in [0.3, 0.4) is 0 Å². The lowest BCUT2D eigenvalue weighted by atomic mass is 9.80. The van der Waals surface area contributed by atoms with E-state index in [1.807, 2.05) is 7.05 Å². The molecule has 0 aromatic heterocycles. The Bertz CT molecular complexity index is 60.9. The topological polar surface area (TPSA) is 32.3 Å². The van der Waals surface area contributed by atoms with Crippen LogP contribution in [-0.2, 0) is 0 Å². The van der Waals surface area contributed by atoms with Gasteiger partial charge in [-0.05, 0) is 25.8 Å². The lowest BCUT2D eigenvalue weighted by Crippen LogP contribution is -2.43. The van der Waals surface area contributed by atoms with E-state index in [0.29, 0.717) is 18.6 Å². The summed E-state index contributed by atoms with van der Waals surface area (Å²) in [5.74, 6) is 0.542. The van der Waals surface area contributed by atoms with Gasteiger partial charge in [0.2, 0.25) is 0 Å². The van der Waals surface area contributed by atoms with Gasteiger partial charge in [0.25, 0.3) is 0 Å². The second kappa shape index (κ2) is 2.46. The number of aliphatic hydroxyl groups is 1. The largest absolute Gasteiger partial charge is 0.396 e. The molecule has 0 unspecified atom stereocenters. The number of hydrogen-bond donors (Lipinski definition) is 2. The smallest absolute Gasteiger partial charge is 0.0474 e. The zero-order chi connectivity index (χ0) is 5.98. The average Bonchev–Trinajstić information content (AvgIpc) is 1.66. The fraction of sp³-hybridized carbons (Fsp3) is 1.00. The Balaban J connectivity index is 2.16. The van der Waals surface area contributed by atoms with Crippen LogP contribution in [-0.4, -0.2) is 24.8 Å². The zero-order valence-electron chi connectivity index (χ0n) is 5.22. The molecule has 1 fully saturated rings. The Morgan fingerprint density at radius 2 is 2.38 bits per heavy atom. The molecule has 0 heterocycles. The van der Waals surface area contributed by atoms with Crippen molar-refractivity contribution in [3.05, 3.63) is 0 Å². The van der Waals surface area contributed by atoms with E-state index in [0.717, 1.165) is 0 Å². The molecule has 1 rings (SSSR count). The Morgan fingerprint density at radius 1 is 1.62 bits per heavy atom. The van der Waals surface area contributed by atoms with Gasteiger partial charge in [-0.3, -0.25) is 0 Å². The zero-order valence-corrected chi connectivity index (χ0v) is 5.22. The van der Waals surface area contributed by atoms with Crippen LogP contribution in [0.2, 0.25) is 0 Å². The van der Waals surface area contributed by atoms with Gasteiger partial charge in [-0.2, -0.15) is 0 Å². The Hall–Kier alpha value is -0.0800. The summed E-state index contributed by atoms with van der Waals surface area (Å²) in [6.07, 6.45) is 2.43. The summed E-state index contributed by atoms with van der Waals surface area (Å²) in [5.41, 5.74) is 0. The van der Waals surface area contributed by atoms with Crippen LogP contribution in [0, 0.1) is 5.92 Å². The van der Waals surface area contributed by atoms with E-state index in [2.05, 4.69) is 5.32 Å². The van der Waals surface area contributed by atoms with Gasteiger partial charge in [0.05, 0.1) is 0 Å². The van der Waals surface area contributed by atoms with E-state index in [9.17, 15) is 0 Å². The van der Waals surface area contributed by atoms with Crippen molar-refractivity contribution in [3.63, 3.8) is 0 Å². The van der Waals surface area contributed by atoms with Gasteiger partial charge in [-0.25, -0.2) is 0 Å². The highest BCUT2D eigenvalue weighted by Gasteiger charge is 2.27. The van der Waals surface area contributed by atoms with Crippen LogP contribution in [0.4, 0.5) is 0 Å². The van der Waals surface area contributed by atoms with E-state index in [4.69, 9.17) is 5.11 Å². The molecule has 2 atom stereocenters. The van der Waals surface area contributed by atoms with Crippen LogP contribution in [0.5, 0.6) is 0 Å². The lowest BCUT2D eigenvalue weighted by Gasteiger charge is -2.34. The summed E-state index contributed by atoms with van der Waals surface area (Å²) in [6, 6.07) is 0.597. The van der Waals surface area contributed by atoms with Crippen LogP contribution in [0.25, 0.3) is 0 Å². The number of aliphatic hydroxyl groups excluding tert-OH is 1. The minimum atomic E-state index is 0.353. The van der Waals surface area contributed by atoms with E-state index in [1.54, 1.807) is 0 Å². The van der Waals surface area contributed by atoms with Gasteiger partial charge in [0.1, 0.15) is 0 Å². The molecule has 8 heavy (non-hydrogen) atoms. The molecular weight excluding hydrogens is 102 g/mol. The third kappa shape index (κ3) is 0.858. The second-order valence-corrected chi connectivity index (χ2v) is 2.42. The van der Waals surface area contributed by atoms with Crippen molar-refractivity contribution in [2.75, 3.05) is 13.7 Å². The summed E-state index contributed by atoms with van der Waals surface area (Å²) >= 11 is 0. The minimum absolute atomic E-state index is 0.353. The molecule has 1 aliphatic rings. The molecule has 0 spiro atoms. The van der Waals surface area contributed by atoms with E-state index in [-0.39, 0.29) is 0 Å². The molecule has 1 aliphatic carbocycles. The third-order valence-electron chi connectivity index (χ3n) is 2.02. The Kier molecular flexibility index (Phi) is 1.86. The van der Waals surface area contributed by atoms with Crippen molar-refractivity contribution in [1.29, 1.82) is 0 Å². The summed E-state index contributed by atoms with van der Waals surface area (Å²) in [5, 5.41) is 11.8. The Morgan fingerprint density at radius 3 is 2.50 bits per heavy atom. The van der Waals surface area contributed by atoms with Gasteiger partial charge >= 0.3 is 0 Å². The lowest BCUT2D eigenvalue weighted by molar-refractivity contribution is 0.121. The summed E-state index contributed by atoms with van der Waals surface area (Å²) in [6.45, 7) is 0.353. The molecule has 2 N–H and O–H groups in total. The van der Waals surface area contributed by atoms with E-state index < -0.39 is 0 Å². The molecule has 0 saturated heterocycles. The normalized spacial score (nSPS) is 36.8. The van der Waals surface area contributed by atoms with Crippen molar-refractivity contribution in [3.8, 4) is 0 Å². The molecule has 0 aromatic carbocycles. The minimum Gasteiger partial charge on any atom is -0.396 e. The maximum Gasteiger partial charge on any atom is 0.0474 e. The summed E-state index contributed by atoms with van der Waals surface area (Å²) in [7, 11) is 1.95. The molecule has 0 bridgehead atoms. The standard InChI is InChI=1S/C6H13NO/c1-7-6-3-2-5(6)4-8/h5-8H,2-4H2,1H3/t5-,6-/m1/s1. The molecule has 0 aliphatic heterocycles. The van der Waals surface area contributed by atoms with Crippen molar-refractivity contribution < 1.29 is 5.11 Å². The average molecular weight is 115 g/mol. The highest BCUT2D eigenvalue weighted by atomic mass is 16.3. The molecule has 2 nitrogen and oxygen atoms in total. The van der Waals surface area contributed by atoms with Crippen LogP contribution >= 0.6 is 0 Å². The van der Waals surface area contributed by atoms with Gasteiger partial charge in [-0.1, -0.05) is 0 Å². The fourth-order valence-corrected chi connectivity index (χ4v) is 1.17. The molecule has 0 radical (unpaired) electrons. The molecule has 0 amide bonds. The van der Waals surface area contributed by atoms with Gasteiger partial charge in [-0.15, -0.1) is 0 Å². The highest BCUT2D eigenvalue weighted by Crippen LogP contribution is 2.25. The molecular formula is C6H13NO. The predicted octanol–water partition coefficient (Wildman–Crippen LogP) is -0.0233. The SMILES string of the molecule is CN[C@@H]1CC[C@@H]1CO. The molecule has 1 saturated carbocycles. The number of rotatable bonds is 2. The maximum atomic E-state index is 8.65.